The lowest BCUT2D eigenvalue weighted by atomic mass is 10.1. The molecule has 0 aliphatic rings. The Morgan fingerprint density at radius 1 is 1.59 bits per heavy atom. The van der Waals surface area contributed by atoms with Crippen LogP contribution in [0.25, 0.3) is 0 Å². The van der Waals surface area contributed by atoms with E-state index in [4.69, 9.17) is 11.0 Å². The minimum atomic E-state index is -0.144. The van der Waals surface area contributed by atoms with Crippen molar-refractivity contribution in [3.8, 4) is 6.07 Å². The van der Waals surface area contributed by atoms with Gasteiger partial charge in [0.05, 0.1) is 18.1 Å². The Kier molecular flexibility index (Phi) is 4.11. The molecule has 0 heterocycles. The van der Waals surface area contributed by atoms with E-state index in [2.05, 4.69) is 6.07 Å². The molecule has 0 bridgehead atoms. The molecule has 1 amide bonds. The maximum Gasteiger partial charge on any atom is 0.255 e. The van der Waals surface area contributed by atoms with E-state index >= 15 is 0 Å². The molecule has 1 aromatic carbocycles. The first kappa shape index (κ1) is 13.0. The Labute approximate surface area is 102 Å². The first-order valence-corrected chi connectivity index (χ1v) is 5.47. The summed E-state index contributed by atoms with van der Waals surface area (Å²) in [4.78, 5) is 13.7. The largest absolute Gasteiger partial charge is 0.398 e. The van der Waals surface area contributed by atoms with Crippen molar-refractivity contribution in [3.63, 3.8) is 0 Å². The van der Waals surface area contributed by atoms with Crippen molar-refractivity contribution in [2.45, 2.75) is 26.3 Å². The number of nitrogens with zero attached hydrogens (tertiary/aromatic N) is 2. The van der Waals surface area contributed by atoms with Gasteiger partial charge in [0.15, 0.2) is 0 Å². The molecule has 0 spiro atoms. The van der Waals surface area contributed by atoms with Crippen LogP contribution in [-0.2, 0) is 0 Å². The number of anilines is 1. The van der Waals surface area contributed by atoms with Crippen LogP contribution in [0.15, 0.2) is 18.2 Å². The van der Waals surface area contributed by atoms with Gasteiger partial charge in [-0.1, -0.05) is 11.6 Å². The predicted octanol–water partition coefficient (Wildman–Crippen LogP) is 1.95. The minimum Gasteiger partial charge on any atom is -0.398 e. The molecule has 4 heteroatoms. The second-order valence-electron chi connectivity index (χ2n) is 4.22. The van der Waals surface area contributed by atoms with Crippen LogP contribution >= 0.6 is 0 Å². The lowest BCUT2D eigenvalue weighted by Gasteiger charge is -2.23. The van der Waals surface area contributed by atoms with Gasteiger partial charge in [-0.2, -0.15) is 5.26 Å². The van der Waals surface area contributed by atoms with Crippen molar-refractivity contribution in [1.29, 1.82) is 5.26 Å². The normalized spacial score (nSPS) is 11.6. The van der Waals surface area contributed by atoms with E-state index in [0.29, 0.717) is 17.7 Å². The lowest BCUT2D eigenvalue weighted by molar-refractivity contribution is 0.0747. The average molecular weight is 231 g/mol. The van der Waals surface area contributed by atoms with E-state index in [0.717, 1.165) is 5.56 Å². The zero-order valence-corrected chi connectivity index (χ0v) is 10.4. The monoisotopic (exact) mass is 231 g/mol. The summed E-state index contributed by atoms with van der Waals surface area (Å²) in [6.07, 6.45) is 0.313. The van der Waals surface area contributed by atoms with Crippen LogP contribution in [0.2, 0.25) is 0 Å². The van der Waals surface area contributed by atoms with Crippen molar-refractivity contribution in [1.82, 2.24) is 4.90 Å². The first-order chi connectivity index (χ1) is 7.97. The summed E-state index contributed by atoms with van der Waals surface area (Å²) in [5, 5.41) is 8.62. The number of hydrogen-bond donors (Lipinski definition) is 1. The van der Waals surface area contributed by atoms with Crippen LogP contribution < -0.4 is 5.73 Å². The molecule has 0 aliphatic heterocycles. The molecule has 0 fully saturated rings. The number of amides is 1. The molecule has 1 unspecified atom stereocenters. The third-order valence-corrected chi connectivity index (χ3v) is 2.81. The highest BCUT2D eigenvalue weighted by Gasteiger charge is 2.19. The van der Waals surface area contributed by atoms with Gasteiger partial charge in [-0.05, 0) is 26.0 Å². The summed E-state index contributed by atoms with van der Waals surface area (Å²) in [5.74, 6) is -0.144. The molecule has 4 nitrogen and oxygen atoms in total. The number of nitriles is 1. The number of carbonyl (C=O) groups excluding carboxylic acids is 1. The Morgan fingerprint density at radius 3 is 2.82 bits per heavy atom. The van der Waals surface area contributed by atoms with Crippen LogP contribution in [0.5, 0.6) is 0 Å². The van der Waals surface area contributed by atoms with Gasteiger partial charge in [-0.3, -0.25) is 4.79 Å². The van der Waals surface area contributed by atoms with E-state index in [1.807, 2.05) is 19.9 Å². The standard InChI is InChI=1S/C13H17N3O/c1-9-4-5-12(15)11(8-9)13(17)16(3)10(2)6-7-14/h4-5,8,10H,6,15H2,1-3H3. The quantitative estimate of drug-likeness (QED) is 0.808. The molecule has 0 saturated carbocycles. The Balaban J connectivity index is 2.96. The maximum atomic E-state index is 12.2. The lowest BCUT2D eigenvalue weighted by Crippen LogP contribution is -2.35. The summed E-state index contributed by atoms with van der Waals surface area (Å²) < 4.78 is 0. The third kappa shape index (κ3) is 2.97. The molecule has 0 aliphatic carbocycles. The van der Waals surface area contributed by atoms with Gasteiger partial charge in [-0.15, -0.1) is 0 Å². The van der Waals surface area contributed by atoms with E-state index < -0.39 is 0 Å². The molecule has 1 atom stereocenters. The molecule has 17 heavy (non-hydrogen) atoms. The van der Waals surface area contributed by atoms with Gasteiger partial charge in [-0.25, -0.2) is 0 Å². The second kappa shape index (κ2) is 5.35. The number of nitrogens with two attached hydrogens (primary N) is 1. The highest BCUT2D eigenvalue weighted by atomic mass is 16.2. The Hall–Kier alpha value is -2.02. The smallest absolute Gasteiger partial charge is 0.255 e. The van der Waals surface area contributed by atoms with Crippen LogP contribution in [0, 0.1) is 18.3 Å². The highest BCUT2D eigenvalue weighted by Crippen LogP contribution is 2.17. The summed E-state index contributed by atoms with van der Waals surface area (Å²) in [5.41, 5.74) is 7.75. The van der Waals surface area contributed by atoms with Gasteiger partial charge < -0.3 is 10.6 Å². The number of benzene rings is 1. The van der Waals surface area contributed by atoms with Crippen LogP contribution in [0.4, 0.5) is 5.69 Å². The topological polar surface area (TPSA) is 70.1 Å². The number of hydrogen-bond acceptors (Lipinski definition) is 3. The van der Waals surface area contributed by atoms with E-state index in [9.17, 15) is 4.79 Å². The Morgan fingerprint density at radius 2 is 2.24 bits per heavy atom. The SMILES string of the molecule is Cc1ccc(N)c(C(=O)N(C)C(C)CC#N)c1. The molecule has 1 rings (SSSR count). The van der Waals surface area contributed by atoms with Gasteiger partial charge in [0.2, 0.25) is 0 Å². The first-order valence-electron chi connectivity index (χ1n) is 5.47. The predicted molar refractivity (Wildman–Crippen MR) is 67.4 cm³/mol. The van der Waals surface area contributed by atoms with E-state index in [1.165, 1.54) is 0 Å². The van der Waals surface area contributed by atoms with Crippen molar-refractivity contribution >= 4 is 11.6 Å². The zero-order chi connectivity index (χ0) is 13.0. The molecule has 0 radical (unpaired) electrons. The molecule has 0 aromatic heterocycles. The molecular formula is C13H17N3O. The molecule has 90 valence electrons. The van der Waals surface area contributed by atoms with Crippen molar-refractivity contribution in [3.05, 3.63) is 29.3 Å². The van der Waals surface area contributed by atoms with E-state index in [-0.39, 0.29) is 11.9 Å². The zero-order valence-electron chi connectivity index (χ0n) is 10.4. The average Bonchev–Trinajstić information content (AvgIpc) is 2.30. The number of nitrogen functional groups attached to an aromatic ring is 1. The summed E-state index contributed by atoms with van der Waals surface area (Å²) >= 11 is 0. The fraction of sp³-hybridized carbons (Fsp3) is 0.385. The van der Waals surface area contributed by atoms with Crippen molar-refractivity contribution < 1.29 is 4.79 Å². The highest BCUT2D eigenvalue weighted by molar-refractivity contribution is 5.99. The van der Waals surface area contributed by atoms with Crippen molar-refractivity contribution in [2.24, 2.45) is 0 Å². The van der Waals surface area contributed by atoms with Gasteiger partial charge in [0.1, 0.15) is 0 Å². The minimum absolute atomic E-state index is 0.118. The molecular weight excluding hydrogens is 214 g/mol. The van der Waals surface area contributed by atoms with Gasteiger partial charge in [0, 0.05) is 18.8 Å². The third-order valence-electron chi connectivity index (χ3n) is 2.81. The second-order valence-corrected chi connectivity index (χ2v) is 4.22. The number of aryl methyl sites for hydroxylation is 1. The summed E-state index contributed by atoms with van der Waals surface area (Å²) in [6, 6.07) is 7.30. The maximum absolute atomic E-state index is 12.2. The number of carbonyl (C=O) groups is 1. The van der Waals surface area contributed by atoms with Gasteiger partial charge >= 0.3 is 0 Å². The summed E-state index contributed by atoms with van der Waals surface area (Å²) in [6.45, 7) is 3.75. The fourth-order valence-corrected chi connectivity index (χ4v) is 1.51. The van der Waals surface area contributed by atoms with E-state index in [1.54, 1.807) is 24.1 Å². The molecule has 2 N–H and O–H groups in total. The van der Waals surface area contributed by atoms with Crippen LogP contribution in [0.3, 0.4) is 0 Å². The van der Waals surface area contributed by atoms with Crippen LogP contribution in [0.1, 0.15) is 29.3 Å². The molecule has 0 saturated heterocycles. The fourth-order valence-electron chi connectivity index (χ4n) is 1.51. The van der Waals surface area contributed by atoms with Crippen LogP contribution in [-0.4, -0.2) is 23.9 Å². The Bertz CT molecular complexity index is 462. The molecule has 1 aromatic rings. The summed E-state index contributed by atoms with van der Waals surface area (Å²) in [7, 11) is 1.69. The van der Waals surface area contributed by atoms with Gasteiger partial charge in [0.25, 0.3) is 5.91 Å². The van der Waals surface area contributed by atoms with Crippen molar-refractivity contribution in [2.75, 3.05) is 12.8 Å². The number of rotatable bonds is 3.